The summed E-state index contributed by atoms with van der Waals surface area (Å²) in [5.41, 5.74) is 7.02. The van der Waals surface area contributed by atoms with E-state index in [1.165, 1.54) is 6.07 Å². The number of phenols is 1. The highest BCUT2D eigenvalue weighted by molar-refractivity contribution is 5.98. The maximum Gasteiger partial charge on any atom is 0.255 e. The number of nitrogens with zero attached hydrogens (tertiary/aromatic N) is 1. The number of aromatic nitrogens is 1. The van der Waals surface area contributed by atoms with Gasteiger partial charge in [0.15, 0.2) is 5.75 Å². The van der Waals surface area contributed by atoms with Crippen molar-refractivity contribution in [1.82, 2.24) is 10.3 Å². The van der Waals surface area contributed by atoms with Gasteiger partial charge in [-0.3, -0.25) is 9.78 Å². The number of aromatic hydroxyl groups is 1. The van der Waals surface area contributed by atoms with E-state index in [0.29, 0.717) is 13.0 Å². The molecule has 1 aromatic heterocycles. The average Bonchev–Trinajstić information content (AvgIpc) is 2.43. The van der Waals surface area contributed by atoms with Crippen molar-refractivity contribution in [3.8, 4) is 5.75 Å². The van der Waals surface area contributed by atoms with Gasteiger partial charge in [0.2, 0.25) is 0 Å². The van der Waals surface area contributed by atoms with Crippen LogP contribution in [0.5, 0.6) is 5.75 Å². The number of carbonyl (C=O) groups excluding carboxylic acids is 1. The molecule has 0 atom stereocenters. The first-order chi connectivity index (χ1) is 9.18. The van der Waals surface area contributed by atoms with Crippen LogP contribution in [0.1, 0.15) is 15.9 Å². The number of amides is 1. The van der Waals surface area contributed by atoms with Gasteiger partial charge in [-0.15, -0.1) is 0 Å². The molecule has 1 aromatic carbocycles. The Labute approximate surface area is 111 Å². The van der Waals surface area contributed by atoms with Gasteiger partial charge >= 0.3 is 0 Å². The number of anilines is 1. The van der Waals surface area contributed by atoms with Gasteiger partial charge in [0.25, 0.3) is 5.91 Å². The minimum Gasteiger partial charge on any atom is -0.505 e. The summed E-state index contributed by atoms with van der Waals surface area (Å²) < 4.78 is 0. The van der Waals surface area contributed by atoms with E-state index in [-0.39, 0.29) is 22.9 Å². The van der Waals surface area contributed by atoms with Gasteiger partial charge in [-0.05, 0) is 36.2 Å². The Kier molecular flexibility index (Phi) is 3.97. The largest absolute Gasteiger partial charge is 0.505 e. The molecule has 0 aliphatic heterocycles. The molecule has 0 radical (unpaired) electrons. The van der Waals surface area contributed by atoms with Gasteiger partial charge in [-0.1, -0.05) is 6.07 Å². The topological polar surface area (TPSA) is 88.2 Å². The first-order valence-electron chi connectivity index (χ1n) is 5.93. The molecule has 5 nitrogen and oxygen atoms in total. The molecule has 0 saturated carbocycles. The number of rotatable bonds is 4. The summed E-state index contributed by atoms with van der Waals surface area (Å²) in [6.45, 7) is 0.483. The van der Waals surface area contributed by atoms with Gasteiger partial charge < -0.3 is 16.2 Å². The van der Waals surface area contributed by atoms with Crippen LogP contribution >= 0.6 is 0 Å². The van der Waals surface area contributed by atoms with Crippen molar-refractivity contribution in [3.63, 3.8) is 0 Å². The minimum atomic E-state index is -0.334. The Morgan fingerprint density at radius 1 is 1.26 bits per heavy atom. The lowest BCUT2D eigenvalue weighted by atomic mass is 10.1. The molecule has 2 aromatic rings. The van der Waals surface area contributed by atoms with Crippen molar-refractivity contribution in [2.24, 2.45) is 0 Å². The standard InChI is InChI=1S/C14H15N3O2/c15-12-3-1-2-11(13(12)18)14(19)17-9-6-10-4-7-16-8-5-10/h1-5,7-8,18H,6,9,15H2,(H,17,19). The van der Waals surface area contributed by atoms with E-state index in [0.717, 1.165) is 5.56 Å². The fourth-order valence-electron chi connectivity index (χ4n) is 1.71. The predicted molar refractivity (Wildman–Crippen MR) is 72.8 cm³/mol. The van der Waals surface area contributed by atoms with Crippen molar-refractivity contribution >= 4 is 11.6 Å². The molecular formula is C14H15N3O2. The summed E-state index contributed by atoms with van der Waals surface area (Å²) in [6, 6.07) is 8.50. The Morgan fingerprint density at radius 2 is 2.00 bits per heavy atom. The second kappa shape index (κ2) is 5.86. The average molecular weight is 257 g/mol. The van der Waals surface area contributed by atoms with E-state index >= 15 is 0 Å². The highest BCUT2D eigenvalue weighted by Crippen LogP contribution is 2.23. The molecule has 2 rings (SSSR count). The Morgan fingerprint density at radius 3 is 2.74 bits per heavy atom. The summed E-state index contributed by atoms with van der Waals surface area (Å²) in [6.07, 6.45) is 4.12. The molecule has 0 unspecified atom stereocenters. The second-order valence-corrected chi connectivity index (χ2v) is 4.10. The second-order valence-electron chi connectivity index (χ2n) is 4.10. The lowest BCUT2D eigenvalue weighted by molar-refractivity contribution is 0.0951. The molecule has 1 amide bonds. The number of benzene rings is 1. The van der Waals surface area contributed by atoms with Crippen LogP contribution in [0.15, 0.2) is 42.7 Å². The third-order valence-corrected chi connectivity index (χ3v) is 2.76. The quantitative estimate of drug-likeness (QED) is 0.569. The van der Waals surface area contributed by atoms with Crippen LogP contribution < -0.4 is 11.1 Å². The van der Waals surface area contributed by atoms with Gasteiger partial charge in [-0.25, -0.2) is 0 Å². The monoisotopic (exact) mass is 257 g/mol. The van der Waals surface area contributed by atoms with Gasteiger partial charge in [0.05, 0.1) is 11.3 Å². The summed E-state index contributed by atoms with van der Waals surface area (Å²) in [5.74, 6) is -0.511. The number of hydrogen-bond donors (Lipinski definition) is 3. The summed E-state index contributed by atoms with van der Waals surface area (Å²) in [4.78, 5) is 15.8. The Bertz CT molecular complexity index is 570. The van der Waals surface area contributed by atoms with E-state index < -0.39 is 0 Å². The molecule has 0 spiro atoms. The molecule has 5 heteroatoms. The van der Waals surface area contributed by atoms with E-state index in [9.17, 15) is 9.90 Å². The molecule has 0 bridgehead atoms. The van der Waals surface area contributed by atoms with Crippen molar-refractivity contribution in [2.75, 3.05) is 12.3 Å². The Hall–Kier alpha value is -2.56. The molecule has 4 N–H and O–H groups in total. The van der Waals surface area contributed by atoms with Crippen molar-refractivity contribution in [1.29, 1.82) is 0 Å². The number of para-hydroxylation sites is 1. The van der Waals surface area contributed by atoms with Crippen LogP contribution in [-0.4, -0.2) is 22.5 Å². The van der Waals surface area contributed by atoms with Crippen molar-refractivity contribution in [3.05, 3.63) is 53.9 Å². The molecule has 0 saturated heterocycles. The maximum atomic E-state index is 11.9. The van der Waals surface area contributed by atoms with Crippen LogP contribution in [0.25, 0.3) is 0 Å². The highest BCUT2D eigenvalue weighted by Gasteiger charge is 2.11. The number of hydrogen-bond acceptors (Lipinski definition) is 4. The van der Waals surface area contributed by atoms with E-state index in [4.69, 9.17) is 5.73 Å². The number of nitrogens with two attached hydrogens (primary N) is 1. The SMILES string of the molecule is Nc1cccc(C(=O)NCCc2ccncc2)c1O. The van der Waals surface area contributed by atoms with Crippen LogP contribution in [0.3, 0.4) is 0 Å². The van der Waals surface area contributed by atoms with Gasteiger partial charge in [0.1, 0.15) is 0 Å². The molecular weight excluding hydrogens is 242 g/mol. The molecule has 0 aliphatic carbocycles. The van der Waals surface area contributed by atoms with Crippen molar-refractivity contribution < 1.29 is 9.90 Å². The normalized spacial score (nSPS) is 10.1. The lowest BCUT2D eigenvalue weighted by Crippen LogP contribution is -2.25. The fraction of sp³-hybridized carbons (Fsp3) is 0.143. The third kappa shape index (κ3) is 3.22. The summed E-state index contributed by atoms with van der Waals surface area (Å²) in [7, 11) is 0. The highest BCUT2D eigenvalue weighted by atomic mass is 16.3. The lowest BCUT2D eigenvalue weighted by Gasteiger charge is -2.08. The zero-order valence-electron chi connectivity index (χ0n) is 10.3. The van der Waals surface area contributed by atoms with Crippen LogP contribution in [0.2, 0.25) is 0 Å². The molecule has 98 valence electrons. The summed E-state index contributed by atoms with van der Waals surface area (Å²) >= 11 is 0. The van der Waals surface area contributed by atoms with E-state index in [1.54, 1.807) is 24.5 Å². The first kappa shape index (κ1) is 12.9. The zero-order chi connectivity index (χ0) is 13.7. The number of pyridine rings is 1. The molecule has 0 aliphatic rings. The molecule has 0 fully saturated rings. The maximum absolute atomic E-state index is 11.9. The zero-order valence-corrected chi connectivity index (χ0v) is 10.3. The minimum absolute atomic E-state index is 0.177. The third-order valence-electron chi connectivity index (χ3n) is 2.76. The first-order valence-corrected chi connectivity index (χ1v) is 5.93. The predicted octanol–water partition coefficient (Wildman–Crippen LogP) is 1.34. The molecule has 1 heterocycles. The van der Waals surface area contributed by atoms with E-state index in [2.05, 4.69) is 10.3 Å². The fourth-order valence-corrected chi connectivity index (χ4v) is 1.71. The smallest absolute Gasteiger partial charge is 0.255 e. The van der Waals surface area contributed by atoms with Gasteiger partial charge in [0, 0.05) is 18.9 Å². The Balaban J connectivity index is 1.93. The number of carbonyl (C=O) groups is 1. The summed E-state index contributed by atoms with van der Waals surface area (Å²) in [5, 5.41) is 12.4. The van der Waals surface area contributed by atoms with Crippen molar-refractivity contribution in [2.45, 2.75) is 6.42 Å². The van der Waals surface area contributed by atoms with Crippen LogP contribution in [-0.2, 0) is 6.42 Å². The molecule has 19 heavy (non-hydrogen) atoms. The number of phenolic OH excluding ortho intramolecular Hbond substituents is 1. The van der Waals surface area contributed by atoms with Crippen LogP contribution in [0, 0.1) is 0 Å². The number of nitrogen functional groups attached to an aromatic ring is 1. The van der Waals surface area contributed by atoms with E-state index in [1.807, 2.05) is 12.1 Å². The number of nitrogens with one attached hydrogen (secondary N) is 1. The van der Waals surface area contributed by atoms with Crippen LogP contribution in [0.4, 0.5) is 5.69 Å². The van der Waals surface area contributed by atoms with Gasteiger partial charge in [-0.2, -0.15) is 0 Å².